The lowest BCUT2D eigenvalue weighted by molar-refractivity contribution is 0.334. The molecule has 100 valence electrons. The molecule has 0 fully saturated rings. The summed E-state index contributed by atoms with van der Waals surface area (Å²) in [5.74, 6) is 0. The van der Waals surface area contributed by atoms with Crippen LogP contribution in [0.1, 0.15) is 33.6 Å². The molecule has 0 aromatic rings. The SMILES string of the molecule is C=CCC/C=C\C(C)=C/C(=C)N(CC)C(C)C=C. The van der Waals surface area contributed by atoms with Gasteiger partial charge in [-0.3, -0.25) is 0 Å². The van der Waals surface area contributed by atoms with Crippen LogP contribution in [0, 0.1) is 0 Å². The summed E-state index contributed by atoms with van der Waals surface area (Å²) in [6.07, 6.45) is 12.4. The molecule has 0 heterocycles. The summed E-state index contributed by atoms with van der Waals surface area (Å²) < 4.78 is 0. The highest BCUT2D eigenvalue weighted by atomic mass is 15.1. The zero-order chi connectivity index (χ0) is 14.0. The van der Waals surface area contributed by atoms with Crippen LogP contribution in [0.3, 0.4) is 0 Å². The van der Waals surface area contributed by atoms with Gasteiger partial charge in [0, 0.05) is 18.3 Å². The van der Waals surface area contributed by atoms with Crippen molar-refractivity contribution in [3.05, 3.63) is 61.4 Å². The third kappa shape index (κ3) is 6.29. The van der Waals surface area contributed by atoms with Crippen LogP contribution in [-0.2, 0) is 0 Å². The minimum absolute atomic E-state index is 0.316. The molecular weight excluding hydrogens is 218 g/mol. The minimum Gasteiger partial charge on any atom is -0.366 e. The van der Waals surface area contributed by atoms with E-state index in [1.165, 1.54) is 5.57 Å². The predicted molar refractivity (Wildman–Crippen MR) is 83.5 cm³/mol. The molecular formula is C17H27N. The summed E-state index contributed by atoms with van der Waals surface area (Å²) >= 11 is 0. The van der Waals surface area contributed by atoms with E-state index in [0.29, 0.717) is 6.04 Å². The zero-order valence-electron chi connectivity index (χ0n) is 12.2. The first-order valence-corrected chi connectivity index (χ1v) is 6.60. The topological polar surface area (TPSA) is 3.24 Å². The van der Waals surface area contributed by atoms with Gasteiger partial charge < -0.3 is 4.90 Å². The molecule has 1 heteroatoms. The molecule has 0 aliphatic carbocycles. The highest BCUT2D eigenvalue weighted by Crippen LogP contribution is 2.12. The Hall–Kier alpha value is -1.50. The summed E-state index contributed by atoms with van der Waals surface area (Å²) in [5.41, 5.74) is 2.26. The van der Waals surface area contributed by atoms with E-state index in [0.717, 1.165) is 25.1 Å². The lowest BCUT2D eigenvalue weighted by atomic mass is 10.1. The fourth-order valence-corrected chi connectivity index (χ4v) is 1.76. The third-order valence-corrected chi connectivity index (χ3v) is 2.85. The van der Waals surface area contributed by atoms with Gasteiger partial charge in [0.05, 0.1) is 0 Å². The predicted octanol–water partition coefficient (Wildman–Crippen LogP) is 4.87. The molecule has 1 nitrogen and oxygen atoms in total. The van der Waals surface area contributed by atoms with Crippen molar-refractivity contribution >= 4 is 0 Å². The summed E-state index contributed by atoms with van der Waals surface area (Å²) in [6, 6.07) is 0.316. The Kier molecular flexibility index (Phi) is 8.73. The third-order valence-electron chi connectivity index (χ3n) is 2.85. The quantitative estimate of drug-likeness (QED) is 0.318. The van der Waals surface area contributed by atoms with E-state index in [9.17, 15) is 0 Å². The average Bonchev–Trinajstić information content (AvgIpc) is 2.35. The first kappa shape index (κ1) is 16.5. The largest absolute Gasteiger partial charge is 0.366 e. The molecule has 0 N–H and O–H groups in total. The zero-order valence-corrected chi connectivity index (χ0v) is 12.2. The van der Waals surface area contributed by atoms with Crippen LogP contribution in [0.2, 0.25) is 0 Å². The highest BCUT2D eigenvalue weighted by Gasteiger charge is 2.08. The van der Waals surface area contributed by atoms with Crippen LogP contribution in [-0.4, -0.2) is 17.5 Å². The Balaban J connectivity index is 4.53. The summed E-state index contributed by atoms with van der Waals surface area (Å²) in [7, 11) is 0. The number of allylic oxidation sites excluding steroid dienone is 5. The van der Waals surface area contributed by atoms with Crippen molar-refractivity contribution in [2.45, 2.75) is 39.7 Å². The minimum atomic E-state index is 0.316. The first-order valence-electron chi connectivity index (χ1n) is 6.60. The van der Waals surface area contributed by atoms with E-state index < -0.39 is 0 Å². The van der Waals surface area contributed by atoms with Crippen molar-refractivity contribution in [2.75, 3.05) is 6.54 Å². The number of hydrogen-bond acceptors (Lipinski definition) is 1. The lowest BCUT2D eigenvalue weighted by Gasteiger charge is -2.28. The maximum absolute atomic E-state index is 4.13. The van der Waals surface area contributed by atoms with Gasteiger partial charge in [-0.05, 0) is 45.3 Å². The molecule has 0 amide bonds. The number of likely N-dealkylation sites (N-methyl/N-ethyl adjacent to an activating group) is 1. The molecule has 0 bridgehead atoms. The van der Waals surface area contributed by atoms with Crippen LogP contribution in [0.15, 0.2) is 61.4 Å². The van der Waals surface area contributed by atoms with Crippen LogP contribution >= 0.6 is 0 Å². The van der Waals surface area contributed by atoms with Gasteiger partial charge >= 0.3 is 0 Å². The van der Waals surface area contributed by atoms with Crippen LogP contribution in [0.4, 0.5) is 0 Å². The molecule has 0 saturated carbocycles. The molecule has 0 spiro atoms. The second-order valence-corrected chi connectivity index (χ2v) is 4.41. The molecule has 1 atom stereocenters. The summed E-state index contributed by atoms with van der Waals surface area (Å²) in [4.78, 5) is 2.23. The maximum Gasteiger partial charge on any atom is 0.0441 e. The number of nitrogens with zero attached hydrogens (tertiary/aromatic N) is 1. The summed E-state index contributed by atoms with van der Waals surface area (Å²) in [6.45, 7) is 19.0. The van der Waals surface area contributed by atoms with E-state index in [2.05, 4.69) is 63.6 Å². The molecule has 1 unspecified atom stereocenters. The molecule has 0 aliphatic heterocycles. The molecule has 0 aromatic heterocycles. The van der Waals surface area contributed by atoms with Gasteiger partial charge in [-0.2, -0.15) is 0 Å². The second-order valence-electron chi connectivity index (χ2n) is 4.41. The van der Waals surface area contributed by atoms with E-state index in [-0.39, 0.29) is 0 Å². The molecule has 0 aliphatic rings. The fraction of sp³-hybridized carbons (Fsp3) is 0.412. The molecule has 0 radical (unpaired) electrons. The van der Waals surface area contributed by atoms with Crippen LogP contribution in [0.25, 0.3) is 0 Å². The normalized spacial score (nSPS) is 13.4. The number of unbranched alkanes of at least 4 members (excludes halogenated alkanes) is 1. The van der Waals surface area contributed by atoms with Gasteiger partial charge in [0.25, 0.3) is 0 Å². The van der Waals surface area contributed by atoms with Crippen LogP contribution < -0.4 is 0 Å². The van der Waals surface area contributed by atoms with E-state index in [1.54, 1.807) is 0 Å². The Morgan fingerprint density at radius 3 is 2.44 bits per heavy atom. The first-order chi connectivity index (χ1) is 8.56. The van der Waals surface area contributed by atoms with Crippen molar-refractivity contribution in [3.8, 4) is 0 Å². The van der Waals surface area contributed by atoms with Crippen molar-refractivity contribution < 1.29 is 0 Å². The van der Waals surface area contributed by atoms with Crippen LogP contribution in [0.5, 0.6) is 0 Å². The van der Waals surface area contributed by atoms with E-state index >= 15 is 0 Å². The highest BCUT2D eigenvalue weighted by molar-refractivity contribution is 5.27. The van der Waals surface area contributed by atoms with Crippen molar-refractivity contribution in [3.63, 3.8) is 0 Å². The standard InChI is InChI=1S/C17H27N/c1-7-10-11-12-13-15(4)14-17(6)18(9-3)16(5)8-2/h7-8,12-14,16H,1-2,6,9-11H2,3-5H3/b13-12-,15-14-. The molecule has 0 aromatic carbocycles. The Labute approximate surface area is 113 Å². The second kappa shape index (κ2) is 9.52. The number of rotatable bonds is 9. The molecule has 0 saturated heterocycles. The Bertz CT molecular complexity index is 334. The maximum atomic E-state index is 4.13. The smallest absolute Gasteiger partial charge is 0.0441 e. The molecule has 18 heavy (non-hydrogen) atoms. The summed E-state index contributed by atoms with van der Waals surface area (Å²) in [5, 5.41) is 0. The average molecular weight is 245 g/mol. The lowest BCUT2D eigenvalue weighted by Crippen LogP contribution is -2.29. The van der Waals surface area contributed by atoms with Gasteiger partial charge in [-0.1, -0.05) is 30.9 Å². The van der Waals surface area contributed by atoms with Gasteiger partial charge in [-0.25, -0.2) is 0 Å². The van der Waals surface area contributed by atoms with Gasteiger partial charge in [-0.15, -0.1) is 13.2 Å². The van der Waals surface area contributed by atoms with Gasteiger partial charge in [0.1, 0.15) is 0 Å². The van der Waals surface area contributed by atoms with Gasteiger partial charge in [0.2, 0.25) is 0 Å². The van der Waals surface area contributed by atoms with Crippen molar-refractivity contribution in [1.29, 1.82) is 0 Å². The van der Waals surface area contributed by atoms with Gasteiger partial charge in [0.15, 0.2) is 0 Å². The Morgan fingerprint density at radius 1 is 1.28 bits per heavy atom. The van der Waals surface area contributed by atoms with Crippen molar-refractivity contribution in [2.24, 2.45) is 0 Å². The fourth-order valence-electron chi connectivity index (χ4n) is 1.76. The Morgan fingerprint density at radius 2 is 1.94 bits per heavy atom. The molecule has 0 rings (SSSR count). The van der Waals surface area contributed by atoms with Crippen molar-refractivity contribution in [1.82, 2.24) is 4.90 Å². The monoisotopic (exact) mass is 245 g/mol. The van der Waals surface area contributed by atoms with E-state index in [4.69, 9.17) is 0 Å². The number of hydrogen-bond donors (Lipinski definition) is 0. The van der Waals surface area contributed by atoms with E-state index in [1.807, 2.05) is 12.2 Å².